The summed E-state index contributed by atoms with van der Waals surface area (Å²) >= 11 is 0. The van der Waals surface area contributed by atoms with Gasteiger partial charge in [-0.2, -0.15) is 22.0 Å². The van der Waals surface area contributed by atoms with E-state index in [0.717, 1.165) is 57.8 Å². The lowest BCUT2D eigenvalue weighted by molar-refractivity contribution is -0.284. The minimum absolute atomic E-state index is 0.104. The first kappa shape index (κ1) is 31.6. The highest BCUT2D eigenvalue weighted by Gasteiger charge is 2.57. The SMILES string of the molecule is C[C@]12CC[C@@H]3c4ccccc4C[C@@H](CCCCCCCCCS(=O)CCCC(F)(F)C(F)(F)F)[C@H]3[C@@H]1CCC2=O. The zero-order valence-corrected chi connectivity index (χ0v) is 24.6. The van der Waals surface area contributed by atoms with Crippen molar-refractivity contribution in [2.75, 3.05) is 11.5 Å². The summed E-state index contributed by atoms with van der Waals surface area (Å²) in [6, 6.07) is 8.95. The van der Waals surface area contributed by atoms with Crippen LogP contribution in [0.5, 0.6) is 0 Å². The zero-order valence-electron chi connectivity index (χ0n) is 23.8. The first-order chi connectivity index (χ1) is 18.9. The maximum absolute atomic E-state index is 12.9. The third-order valence-corrected chi connectivity index (χ3v) is 11.7. The van der Waals surface area contributed by atoms with Gasteiger partial charge in [-0.15, -0.1) is 0 Å². The quantitative estimate of drug-likeness (QED) is 0.160. The number of ketones is 1. The molecule has 2 saturated carbocycles. The summed E-state index contributed by atoms with van der Waals surface area (Å²) in [6.07, 6.45) is 6.34. The van der Waals surface area contributed by atoms with Gasteiger partial charge in [-0.1, -0.05) is 69.7 Å². The molecular formula is C32H45F5O2S. The van der Waals surface area contributed by atoms with Gasteiger partial charge in [0.15, 0.2) is 0 Å². The molecule has 0 amide bonds. The number of rotatable bonds is 14. The molecule has 40 heavy (non-hydrogen) atoms. The van der Waals surface area contributed by atoms with Crippen molar-refractivity contribution in [1.82, 2.24) is 0 Å². The lowest BCUT2D eigenvalue weighted by atomic mass is 9.52. The number of carbonyl (C=O) groups is 1. The van der Waals surface area contributed by atoms with Crippen molar-refractivity contribution in [2.24, 2.45) is 23.2 Å². The summed E-state index contributed by atoms with van der Waals surface area (Å²) in [4.78, 5) is 12.8. The zero-order chi connectivity index (χ0) is 29.0. The van der Waals surface area contributed by atoms with Crippen molar-refractivity contribution in [2.45, 2.75) is 121 Å². The van der Waals surface area contributed by atoms with Crippen LogP contribution in [0.1, 0.15) is 114 Å². The number of halogens is 5. The van der Waals surface area contributed by atoms with Crippen LogP contribution < -0.4 is 0 Å². The molecule has 1 aromatic carbocycles. The number of Topliss-reactive ketones (excluding diaryl/α,β-unsaturated/α-hetero) is 1. The molecule has 1 aromatic rings. The van der Waals surface area contributed by atoms with Crippen molar-refractivity contribution in [3.8, 4) is 0 Å². The van der Waals surface area contributed by atoms with Gasteiger partial charge >= 0.3 is 12.1 Å². The van der Waals surface area contributed by atoms with Crippen molar-refractivity contribution in [1.29, 1.82) is 0 Å². The van der Waals surface area contributed by atoms with E-state index in [9.17, 15) is 31.0 Å². The molecule has 0 N–H and O–H groups in total. The summed E-state index contributed by atoms with van der Waals surface area (Å²) in [7, 11) is -1.34. The summed E-state index contributed by atoms with van der Waals surface area (Å²) in [5.41, 5.74) is 2.92. The van der Waals surface area contributed by atoms with Crippen LogP contribution in [0.25, 0.3) is 0 Å². The molecule has 0 spiro atoms. The van der Waals surface area contributed by atoms with Gasteiger partial charge in [0, 0.05) is 40.6 Å². The molecule has 0 aromatic heterocycles. The molecule has 0 heterocycles. The number of carbonyl (C=O) groups excluding carboxylic acids is 1. The molecule has 2 nitrogen and oxygen atoms in total. The molecule has 3 aliphatic rings. The largest absolute Gasteiger partial charge is 0.453 e. The molecule has 226 valence electrons. The molecule has 0 aliphatic heterocycles. The predicted octanol–water partition coefficient (Wildman–Crippen LogP) is 9.19. The van der Waals surface area contributed by atoms with E-state index in [1.54, 1.807) is 0 Å². The van der Waals surface area contributed by atoms with Gasteiger partial charge in [-0.3, -0.25) is 9.00 Å². The highest BCUT2D eigenvalue weighted by atomic mass is 32.2. The third-order valence-electron chi connectivity index (χ3n) is 10.2. The van der Waals surface area contributed by atoms with Gasteiger partial charge in [-0.05, 0) is 79.7 Å². The van der Waals surface area contributed by atoms with Crippen LogP contribution in [-0.2, 0) is 22.0 Å². The highest BCUT2D eigenvalue weighted by molar-refractivity contribution is 7.84. The molecule has 8 heteroatoms. The van der Waals surface area contributed by atoms with E-state index in [-0.39, 0.29) is 17.6 Å². The maximum atomic E-state index is 12.9. The second kappa shape index (κ2) is 13.3. The van der Waals surface area contributed by atoms with Gasteiger partial charge in [0.1, 0.15) is 5.78 Å². The Morgan fingerprint density at radius 3 is 2.27 bits per heavy atom. The average Bonchev–Trinajstić information content (AvgIpc) is 3.20. The van der Waals surface area contributed by atoms with Gasteiger partial charge in [0.05, 0.1) is 0 Å². The van der Waals surface area contributed by atoms with E-state index in [1.807, 2.05) is 0 Å². The number of benzene rings is 1. The lowest BCUT2D eigenvalue weighted by Crippen LogP contribution is -2.46. The van der Waals surface area contributed by atoms with Crippen LogP contribution in [0.2, 0.25) is 0 Å². The van der Waals surface area contributed by atoms with Gasteiger partial charge < -0.3 is 0 Å². The number of fused-ring (bicyclic) bond motifs is 5. The van der Waals surface area contributed by atoms with E-state index >= 15 is 0 Å². The standard InChI is InChI=1S/C32H45F5O2S/c1-30-19-17-26-25-14-9-8-12-23(25)22-24(29(26)27(30)15-16-28(30)38)13-7-5-3-2-4-6-10-20-40(39)21-11-18-31(33,34)32(35,36)37/h8-9,12,14,24,26-27,29H,2-7,10-11,13,15-22H2,1H3/t24-,26-,27+,29-,30+,40?/m1/s1. The number of alkyl halides is 5. The number of hydrogen-bond donors (Lipinski definition) is 0. The van der Waals surface area contributed by atoms with E-state index < -0.39 is 29.3 Å². The fraction of sp³-hybridized carbons (Fsp3) is 0.781. The molecule has 4 rings (SSSR count). The summed E-state index contributed by atoms with van der Waals surface area (Å²) in [6.45, 7) is 2.24. The molecule has 0 radical (unpaired) electrons. The normalized spacial score (nSPS) is 29.1. The molecule has 2 fully saturated rings. The van der Waals surface area contributed by atoms with E-state index in [2.05, 4.69) is 31.2 Å². The van der Waals surface area contributed by atoms with Crippen molar-refractivity contribution < 1.29 is 31.0 Å². The average molecular weight is 589 g/mol. The van der Waals surface area contributed by atoms with Crippen LogP contribution in [0.15, 0.2) is 24.3 Å². The van der Waals surface area contributed by atoms with Crippen LogP contribution in [0.3, 0.4) is 0 Å². The smallest absolute Gasteiger partial charge is 0.299 e. The fourth-order valence-electron chi connectivity index (χ4n) is 8.03. The van der Waals surface area contributed by atoms with E-state index in [1.165, 1.54) is 30.4 Å². The monoisotopic (exact) mass is 588 g/mol. The predicted molar refractivity (Wildman–Crippen MR) is 150 cm³/mol. The molecule has 0 bridgehead atoms. The first-order valence-electron chi connectivity index (χ1n) is 15.3. The Labute approximate surface area is 238 Å². The molecule has 0 saturated heterocycles. The van der Waals surface area contributed by atoms with Crippen LogP contribution >= 0.6 is 0 Å². The summed E-state index contributed by atoms with van der Waals surface area (Å²) in [5.74, 6) is -1.59. The Morgan fingerprint density at radius 2 is 1.55 bits per heavy atom. The van der Waals surface area contributed by atoms with Crippen molar-refractivity contribution in [3.63, 3.8) is 0 Å². The van der Waals surface area contributed by atoms with Gasteiger partial charge in [-0.25, -0.2) is 0 Å². The topological polar surface area (TPSA) is 34.1 Å². The molecule has 3 aliphatic carbocycles. The lowest BCUT2D eigenvalue weighted by Gasteiger charge is -2.51. The van der Waals surface area contributed by atoms with Gasteiger partial charge in [0.2, 0.25) is 0 Å². The second-order valence-electron chi connectivity index (χ2n) is 12.8. The highest BCUT2D eigenvalue weighted by Crippen LogP contribution is 2.61. The molecule has 1 unspecified atom stereocenters. The fourth-order valence-corrected chi connectivity index (χ4v) is 9.23. The van der Waals surface area contributed by atoms with Gasteiger partial charge in [0.25, 0.3) is 0 Å². The molecular weight excluding hydrogens is 543 g/mol. The minimum Gasteiger partial charge on any atom is -0.299 e. The second-order valence-corrected chi connectivity index (χ2v) is 14.5. The Hall–Kier alpha value is -1.31. The third kappa shape index (κ3) is 7.18. The van der Waals surface area contributed by atoms with Crippen LogP contribution in [0, 0.1) is 23.2 Å². The number of hydrogen-bond acceptors (Lipinski definition) is 2. The Bertz CT molecular complexity index is 1020. The summed E-state index contributed by atoms with van der Waals surface area (Å²) in [5, 5.41) is 0. The number of unbranched alkanes of at least 4 members (excludes halogenated alkanes) is 6. The summed E-state index contributed by atoms with van der Waals surface area (Å²) < 4.78 is 74.5. The first-order valence-corrected chi connectivity index (χ1v) is 16.8. The minimum atomic E-state index is -5.54. The molecule has 6 atom stereocenters. The van der Waals surface area contributed by atoms with E-state index in [4.69, 9.17) is 0 Å². The maximum Gasteiger partial charge on any atom is 0.453 e. The Kier molecular flexibility index (Phi) is 10.5. The van der Waals surface area contributed by atoms with Crippen molar-refractivity contribution in [3.05, 3.63) is 35.4 Å². The van der Waals surface area contributed by atoms with Crippen LogP contribution in [0.4, 0.5) is 22.0 Å². The van der Waals surface area contributed by atoms with E-state index in [0.29, 0.717) is 41.6 Å². The van der Waals surface area contributed by atoms with Crippen molar-refractivity contribution >= 4 is 16.6 Å². The Balaban J connectivity index is 1.13. The Morgan fingerprint density at radius 1 is 0.900 bits per heavy atom. The van der Waals surface area contributed by atoms with Crippen LogP contribution in [-0.4, -0.2) is 33.6 Å².